The largest absolute Gasteiger partial charge is 0.507 e. The zero-order valence-corrected chi connectivity index (χ0v) is 6.64. The highest BCUT2D eigenvalue weighted by Gasteiger charge is 2.09. The van der Waals surface area contributed by atoms with Gasteiger partial charge in [0.15, 0.2) is 0 Å². The molecule has 0 aliphatic carbocycles. The fourth-order valence-electron chi connectivity index (χ4n) is 0.999. The third-order valence-electron chi connectivity index (χ3n) is 1.58. The Bertz CT molecular complexity index is 425. The number of aromatic hydroxyl groups is 1. The number of para-hydroxylation sites is 1. The van der Waals surface area contributed by atoms with E-state index in [1.165, 1.54) is 6.07 Å². The molecular formula is C8H7N3O2. The molecule has 5 heteroatoms. The van der Waals surface area contributed by atoms with E-state index in [4.69, 9.17) is 10.3 Å². The molecule has 1 heterocycles. The van der Waals surface area contributed by atoms with Crippen molar-refractivity contribution in [3.63, 3.8) is 0 Å². The first-order valence-electron chi connectivity index (χ1n) is 3.65. The van der Waals surface area contributed by atoms with E-state index in [-0.39, 0.29) is 17.6 Å². The normalized spacial score (nSPS) is 10.2. The first kappa shape index (κ1) is 7.60. The van der Waals surface area contributed by atoms with Crippen molar-refractivity contribution < 1.29 is 9.63 Å². The SMILES string of the molecule is Nc1noc(-c2ccccc2O)n1. The Balaban J connectivity index is 2.52. The summed E-state index contributed by atoms with van der Waals surface area (Å²) in [5, 5.41) is 12.8. The van der Waals surface area contributed by atoms with Crippen LogP contribution >= 0.6 is 0 Å². The molecule has 66 valence electrons. The van der Waals surface area contributed by atoms with E-state index < -0.39 is 0 Å². The molecule has 2 aromatic rings. The van der Waals surface area contributed by atoms with Gasteiger partial charge in [-0.05, 0) is 17.3 Å². The van der Waals surface area contributed by atoms with Crippen molar-refractivity contribution >= 4 is 5.95 Å². The molecule has 0 radical (unpaired) electrons. The molecule has 5 nitrogen and oxygen atoms in total. The van der Waals surface area contributed by atoms with Crippen LogP contribution < -0.4 is 5.73 Å². The predicted molar refractivity (Wildman–Crippen MR) is 45.8 cm³/mol. The Hall–Kier alpha value is -2.04. The summed E-state index contributed by atoms with van der Waals surface area (Å²) >= 11 is 0. The van der Waals surface area contributed by atoms with Gasteiger partial charge in [-0.1, -0.05) is 12.1 Å². The van der Waals surface area contributed by atoms with Gasteiger partial charge in [-0.15, -0.1) is 0 Å². The van der Waals surface area contributed by atoms with Crippen LogP contribution in [0.3, 0.4) is 0 Å². The summed E-state index contributed by atoms with van der Waals surface area (Å²) in [6.45, 7) is 0. The summed E-state index contributed by atoms with van der Waals surface area (Å²) in [7, 11) is 0. The molecule has 0 unspecified atom stereocenters. The standard InChI is InChI=1S/C8H7N3O2/c9-8-10-7(13-11-8)5-3-1-2-4-6(5)12/h1-4,12H,(H2,9,11). The minimum atomic E-state index is 0.0539. The number of nitrogens with zero attached hydrogens (tertiary/aromatic N) is 2. The van der Waals surface area contributed by atoms with Crippen LogP contribution in [0.15, 0.2) is 28.8 Å². The third kappa shape index (κ3) is 1.31. The molecule has 0 bridgehead atoms. The van der Waals surface area contributed by atoms with Gasteiger partial charge in [0.05, 0.1) is 5.56 Å². The molecule has 0 fully saturated rings. The summed E-state index contributed by atoms with van der Waals surface area (Å²) in [5.41, 5.74) is 5.75. The van der Waals surface area contributed by atoms with E-state index in [2.05, 4.69) is 10.1 Å². The van der Waals surface area contributed by atoms with Crippen LogP contribution in [0.25, 0.3) is 11.5 Å². The van der Waals surface area contributed by atoms with Crippen molar-refractivity contribution in [1.29, 1.82) is 0 Å². The third-order valence-corrected chi connectivity index (χ3v) is 1.58. The Kier molecular flexibility index (Phi) is 1.63. The van der Waals surface area contributed by atoms with Gasteiger partial charge in [0.1, 0.15) is 5.75 Å². The highest BCUT2D eigenvalue weighted by molar-refractivity contribution is 5.62. The lowest BCUT2D eigenvalue weighted by atomic mass is 10.2. The molecule has 1 aromatic heterocycles. The minimum absolute atomic E-state index is 0.0539. The molecule has 3 N–H and O–H groups in total. The monoisotopic (exact) mass is 177 g/mol. The number of anilines is 1. The number of hydrogen-bond acceptors (Lipinski definition) is 5. The van der Waals surface area contributed by atoms with Gasteiger partial charge in [-0.25, -0.2) is 0 Å². The number of nitrogen functional groups attached to an aromatic ring is 1. The van der Waals surface area contributed by atoms with E-state index in [0.29, 0.717) is 5.56 Å². The number of hydrogen-bond donors (Lipinski definition) is 2. The summed E-state index contributed by atoms with van der Waals surface area (Å²) < 4.78 is 4.79. The average molecular weight is 177 g/mol. The number of aromatic nitrogens is 2. The van der Waals surface area contributed by atoms with Gasteiger partial charge in [0.2, 0.25) is 0 Å². The molecule has 0 aliphatic rings. The number of benzene rings is 1. The van der Waals surface area contributed by atoms with Gasteiger partial charge < -0.3 is 15.4 Å². The van der Waals surface area contributed by atoms with Crippen molar-refractivity contribution in [1.82, 2.24) is 10.1 Å². The first-order chi connectivity index (χ1) is 6.27. The highest BCUT2D eigenvalue weighted by Crippen LogP contribution is 2.26. The second kappa shape index (κ2) is 2.78. The summed E-state index contributed by atoms with van der Waals surface area (Å²) in [5.74, 6) is 0.361. The van der Waals surface area contributed by atoms with E-state index in [9.17, 15) is 5.11 Å². The molecule has 0 amide bonds. The lowest BCUT2D eigenvalue weighted by Crippen LogP contribution is -1.85. The topological polar surface area (TPSA) is 85.2 Å². The molecule has 13 heavy (non-hydrogen) atoms. The van der Waals surface area contributed by atoms with E-state index >= 15 is 0 Å². The van der Waals surface area contributed by atoms with Gasteiger partial charge in [0.25, 0.3) is 11.8 Å². The van der Waals surface area contributed by atoms with Crippen molar-refractivity contribution in [2.24, 2.45) is 0 Å². The van der Waals surface area contributed by atoms with Crippen molar-refractivity contribution in [2.45, 2.75) is 0 Å². The van der Waals surface area contributed by atoms with Gasteiger partial charge in [-0.3, -0.25) is 0 Å². The fourth-order valence-corrected chi connectivity index (χ4v) is 0.999. The predicted octanol–water partition coefficient (Wildman–Crippen LogP) is 1.02. The Morgan fingerprint density at radius 3 is 2.69 bits per heavy atom. The Labute approximate surface area is 73.8 Å². The van der Waals surface area contributed by atoms with Gasteiger partial charge in [-0.2, -0.15) is 4.98 Å². The van der Waals surface area contributed by atoms with Crippen LogP contribution in [-0.2, 0) is 0 Å². The van der Waals surface area contributed by atoms with Gasteiger partial charge >= 0.3 is 0 Å². The average Bonchev–Trinajstić information content (AvgIpc) is 2.53. The lowest BCUT2D eigenvalue weighted by Gasteiger charge is -1.95. The van der Waals surface area contributed by atoms with E-state index in [0.717, 1.165) is 0 Å². The first-order valence-corrected chi connectivity index (χ1v) is 3.65. The van der Waals surface area contributed by atoms with Crippen LogP contribution in [0.1, 0.15) is 0 Å². The zero-order chi connectivity index (χ0) is 9.26. The molecule has 0 aliphatic heterocycles. The fraction of sp³-hybridized carbons (Fsp3) is 0. The smallest absolute Gasteiger partial charge is 0.263 e. The molecule has 0 atom stereocenters. The van der Waals surface area contributed by atoms with Crippen LogP contribution in [0.5, 0.6) is 5.75 Å². The molecule has 2 rings (SSSR count). The van der Waals surface area contributed by atoms with Crippen LogP contribution in [0, 0.1) is 0 Å². The second-order valence-corrected chi connectivity index (χ2v) is 2.47. The Morgan fingerprint density at radius 1 is 1.31 bits per heavy atom. The maximum absolute atomic E-state index is 9.40. The number of nitrogens with two attached hydrogens (primary N) is 1. The number of phenols is 1. The molecule has 0 spiro atoms. The quantitative estimate of drug-likeness (QED) is 0.679. The highest BCUT2D eigenvalue weighted by atomic mass is 16.5. The van der Waals surface area contributed by atoms with Crippen LogP contribution in [-0.4, -0.2) is 15.2 Å². The minimum Gasteiger partial charge on any atom is -0.507 e. The van der Waals surface area contributed by atoms with Crippen LogP contribution in [0.2, 0.25) is 0 Å². The maximum Gasteiger partial charge on any atom is 0.263 e. The zero-order valence-electron chi connectivity index (χ0n) is 6.64. The Morgan fingerprint density at radius 2 is 2.08 bits per heavy atom. The van der Waals surface area contributed by atoms with E-state index in [1.807, 2.05) is 0 Å². The van der Waals surface area contributed by atoms with Crippen molar-refractivity contribution in [3.8, 4) is 17.2 Å². The summed E-state index contributed by atoms with van der Waals surface area (Å²) in [6.07, 6.45) is 0. The molecule has 0 saturated carbocycles. The molecule has 0 saturated heterocycles. The van der Waals surface area contributed by atoms with Crippen molar-refractivity contribution in [2.75, 3.05) is 5.73 Å². The number of phenolic OH excluding ortho intramolecular Hbond substituents is 1. The lowest BCUT2D eigenvalue weighted by molar-refractivity contribution is 0.426. The number of rotatable bonds is 1. The van der Waals surface area contributed by atoms with Crippen LogP contribution in [0.4, 0.5) is 5.95 Å². The van der Waals surface area contributed by atoms with E-state index in [1.54, 1.807) is 18.2 Å². The second-order valence-electron chi connectivity index (χ2n) is 2.47. The van der Waals surface area contributed by atoms with Gasteiger partial charge in [0, 0.05) is 0 Å². The molecular weight excluding hydrogens is 170 g/mol. The summed E-state index contributed by atoms with van der Waals surface area (Å²) in [6, 6.07) is 6.67. The summed E-state index contributed by atoms with van der Waals surface area (Å²) in [4.78, 5) is 3.78. The molecule has 1 aromatic carbocycles. The van der Waals surface area contributed by atoms with Crippen molar-refractivity contribution in [3.05, 3.63) is 24.3 Å². The maximum atomic E-state index is 9.40.